The molecule has 2 heterocycles. The van der Waals surface area contributed by atoms with E-state index < -0.39 is 6.09 Å². The number of piperidine rings is 1. The van der Waals surface area contributed by atoms with E-state index in [0.717, 1.165) is 55.8 Å². The SMILES string of the molecule is C[N+](C)(CC=CCN1CCC(OC(=O)Nc2ccccc2-c2ccccc2)CC1)CCN1C(=O)c2ccccc2C1=O. The molecule has 0 saturated carbocycles. The molecule has 218 valence electrons. The Bertz CT molecular complexity index is 1410. The number of carbonyl (C=O) groups is 3. The number of nitrogens with one attached hydrogen (secondary N) is 1. The Hall–Kier alpha value is -4.27. The van der Waals surface area contributed by atoms with Crippen LogP contribution in [0.2, 0.25) is 0 Å². The van der Waals surface area contributed by atoms with E-state index >= 15 is 0 Å². The summed E-state index contributed by atoms with van der Waals surface area (Å²) in [5.74, 6) is -0.402. The van der Waals surface area contributed by atoms with Crippen LogP contribution in [-0.2, 0) is 4.74 Å². The van der Waals surface area contributed by atoms with Gasteiger partial charge in [0.2, 0.25) is 0 Å². The van der Waals surface area contributed by atoms with Crippen LogP contribution in [0.3, 0.4) is 0 Å². The lowest BCUT2D eigenvalue weighted by molar-refractivity contribution is -0.883. The van der Waals surface area contributed by atoms with E-state index in [1.165, 1.54) is 4.90 Å². The number of hydrogen-bond donors (Lipinski definition) is 1. The number of imide groups is 1. The number of benzene rings is 3. The van der Waals surface area contributed by atoms with Gasteiger partial charge in [0.15, 0.2) is 0 Å². The fraction of sp³-hybridized carbons (Fsp3) is 0.324. The van der Waals surface area contributed by atoms with Gasteiger partial charge in [-0.05, 0) is 42.7 Å². The molecule has 0 unspecified atom stereocenters. The zero-order valence-electron chi connectivity index (χ0n) is 24.4. The van der Waals surface area contributed by atoms with Crippen LogP contribution >= 0.6 is 0 Å². The standard InChI is InChI=1S/C34H38N4O4/c1-38(2,25-23-37-32(39)29-15-6-7-16-30(29)33(37)40)24-11-10-20-36-21-18-27(19-22-36)42-34(41)35-31-17-9-8-14-28(31)26-12-4-3-5-13-26/h3-17,27H,18-25H2,1-2H3/p+1. The summed E-state index contributed by atoms with van der Waals surface area (Å²) in [5, 5.41) is 2.93. The molecule has 0 bridgehead atoms. The van der Waals surface area contributed by atoms with Crippen LogP contribution in [0.4, 0.5) is 10.5 Å². The van der Waals surface area contributed by atoms with Gasteiger partial charge >= 0.3 is 6.09 Å². The van der Waals surface area contributed by atoms with Crippen LogP contribution < -0.4 is 5.32 Å². The van der Waals surface area contributed by atoms with Crippen LogP contribution in [-0.4, -0.2) is 91.7 Å². The molecule has 2 aliphatic heterocycles. The molecule has 0 radical (unpaired) electrons. The largest absolute Gasteiger partial charge is 0.446 e. The maximum absolute atomic E-state index is 12.7. The minimum atomic E-state index is -0.419. The Balaban J connectivity index is 1.01. The molecular weight excluding hydrogens is 528 g/mol. The summed E-state index contributed by atoms with van der Waals surface area (Å²) in [7, 11) is 4.21. The van der Waals surface area contributed by atoms with Gasteiger partial charge in [0, 0.05) is 25.2 Å². The number of nitrogens with zero attached hydrogens (tertiary/aromatic N) is 3. The lowest BCUT2D eigenvalue weighted by Gasteiger charge is -2.31. The van der Waals surface area contributed by atoms with Crippen LogP contribution in [0.1, 0.15) is 33.6 Å². The first-order valence-electron chi connectivity index (χ1n) is 14.6. The Labute approximate surface area is 247 Å². The highest BCUT2D eigenvalue weighted by atomic mass is 16.6. The van der Waals surface area contributed by atoms with Crippen LogP contribution in [0.15, 0.2) is 91.0 Å². The van der Waals surface area contributed by atoms with E-state index in [1.807, 2.05) is 54.6 Å². The van der Waals surface area contributed by atoms with Gasteiger partial charge in [0.05, 0.1) is 50.5 Å². The summed E-state index contributed by atoms with van der Waals surface area (Å²) >= 11 is 0. The minimum Gasteiger partial charge on any atom is -0.446 e. The number of hydrogen-bond acceptors (Lipinski definition) is 5. The molecule has 1 N–H and O–H groups in total. The quantitative estimate of drug-likeness (QED) is 0.205. The van der Waals surface area contributed by atoms with Gasteiger partial charge in [-0.3, -0.25) is 24.7 Å². The van der Waals surface area contributed by atoms with Gasteiger partial charge in [-0.1, -0.05) is 66.7 Å². The second-order valence-electron chi connectivity index (χ2n) is 11.6. The molecule has 3 amide bonds. The van der Waals surface area contributed by atoms with Crippen molar-refractivity contribution in [2.75, 3.05) is 58.7 Å². The summed E-state index contributed by atoms with van der Waals surface area (Å²) in [6, 6.07) is 24.7. The van der Waals surface area contributed by atoms with E-state index in [9.17, 15) is 14.4 Å². The molecule has 1 fully saturated rings. The van der Waals surface area contributed by atoms with E-state index in [1.54, 1.807) is 24.3 Å². The normalized spacial score (nSPS) is 16.2. The number of quaternary nitrogens is 1. The molecule has 0 spiro atoms. The topological polar surface area (TPSA) is 79.0 Å². The monoisotopic (exact) mass is 567 g/mol. The lowest BCUT2D eigenvalue weighted by atomic mass is 10.0. The molecule has 2 aliphatic rings. The number of rotatable bonds is 10. The van der Waals surface area contributed by atoms with Crippen molar-refractivity contribution in [3.8, 4) is 11.1 Å². The number of ether oxygens (including phenoxy) is 1. The Morgan fingerprint density at radius 2 is 1.45 bits per heavy atom. The summed E-state index contributed by atoms with van der Waals surface area (Å²) in [5.41, 5.74) is 3.73. The predicted molar refractivity (Wildman–Crippen MR) is 164 cm³/mol. The van der Waals surface area contributed by atoms with Crippen molar-refractivity contribution in [1.82, 2.24) is 9.80 Å². The maximum atomic E-state index is 12.7. The average molecular weight is 568 g/mol. The van der Waals surface area contributed by atoms with Crippen molar-refractivity contribution in [1.29, 1.82) is 0 Å². The number of carbonyl (C=O) groups excluding carboxylic acids is 3. The molecule has 0 atom stereocenters. The van der Waals surface area contributed by atoms with Crippen molar-refractivity contribution in [2.45, 2.75) is 18.9 Å². The molecule has 5 rings (SSSR count). The summed E-state index contributed by atoms with van der Waals surface area (Å²) in [4.78, 5) is 41.7. The van der Waals surface area contributed by atoms with Crippen LogP contribution in [0.25, 0.3) is 11.1 Å². The van der Waals surface area contributed by atoms with Crippen molar-refractivity contribution in [2.24, 2.45) is 0 Å². The summed E-state index contributed by atoms with van der Waals surface area (Å²) < 4.78 is 6.43. The molecule has 1 saturated heterocycles. The zero-order valence-corrected chi connectivity index (χ0v) is 24.4. The molecule has 3 aromatic rings. The Kier molecular flexibility index (Phi) is 9.15. The third-order valence-corrected chi connectivity index (χ3v) is 7.99. The first kappa shape index (κ1) is 29.2. The van der Waals surface area contributed by atoms with Gasteiger partial charge < -0.3 is 9.22 Å². The molecular formula is C34H39N4O4+. The zero-order chi connectivity index (χ0) is 29.5. The van der Waals surface area contributed by atoms with Crippen molar-refractivity contribution < 1.29 is 23.6 Å². The van der Waals surface area contributed by atoms with Crippen molar-refractivity contribution in [3.63, 3.8) is 0 Å². The fourth-order valence-corrected chi connectivity index (χ4v) is 5.45. The number of para-hydroxylation sites is 1. The number of likely N-dealkylation sites (N-methyl/N-ethyl adjacent to an activating group) is 1. The van der Waals surface area contributed by atoms with Gasteiger partial charge in [0.1, 0.15) is 6.10 Å². The number of likely N-dealkylation sites (tertiary alicyclic amines) is 1. The summed E-state index contributed by atoms with van der Waals surface area (Å²) in [6.45, 7) is 4.43. The van der Waals surface area contributed by atoms with Crippen molar-refractivity contribution in [3.05, 3.63) is 102 Å². The van der Waals surface area contributed by atoms with Gasteiger partial charge in [-0.2, -0.15) is 0 Å². The lowest BCUT2D eigenvalue weighted by Crippen LogP contribution is -2.46. The first-order chi connectivity index (χ1) is 20.3. The highest BCUT2D eigenvalue weighted by Gasteiger charge is 2.36. The smallest absolute Gasteiger partial charge is 0.411 e. The Morgan fingerprint density at radius 3 is 2.12 bits per heavy atom. The van der Waals surface area contributed by atoms with E-state index in [0.29, 0.717) is 28.7 Å². The highest BCUT2D eigenvalue weighted by molar-refractivity contribution is 6.21. The molecule has 0 aliphatic carbocycles. The predicted octanol–water partition coefficient (Wildman–Crippen LogP) is 5.30. The molecule has 3 aromatic carbocycles. The van der Waals surface area contributed by atoms with Crippen molar-refractivity contribution >= 4 is 23.6 Å². The second-order valence-corrected chi connectivity index (χ2v) is 11.6. The number of anilines is 1. The number of amides is 3. The highest BCUT2D eigenvalue weighted by Crippen LogP contribution is 2.28. The van der Waals surface area contributed by atoms with Gasteiger partial charge in [-0.15, -0.1) is 0 Å². The van der Waals surface area contributed by atoms with Crippen LogP contribution in [0.5, 0.6) is 0 Å². The molecule has 8 nitrogen and oxygen atoms in total. The third kappa shape index (κ3) is 7.13. The molecule has 0 aromatic heterocycles. The minimum absolute atomic E-state index is 0.105. The fourth-order valence-electron chi connectivity index (χ4n) is 5.45. The summed E-state index contributed by atoms with van der Waals surface area (Å²) in [6.07, 6.45) is 5.41. The average Bonchev–Trinajstić information content (AvgIpc) is 3.24. The van der Waals surface area contributed by atoms with Crippen LogP contribution in [0, 0.1) is 0 Å². The molecule has 8 heteroatoms. The second kappa shape index (κ2) is 13.1. The number of fused-ring (bicyclic) bond motifs is 1. The third-order valence-electron chi connectivity index (χ3n) is 7.99. The van der Waals surface area contributed by atoms with Gasteiger partial charge in [-0.25, -0.2) is 4.79 Å². The van der Waals surface area contributed by atoms with E-state index in [-0.39, 0.29) is 17.9 Å². The van der Waals surface area contributed by atoms with Gasteiger partial charge in [0.25, 0.3) is 11.8 Å². The molecule has 42 heavy (non-hydrogen) atoms. The van der Waals surface area contributed by atoms with E-state index in [4.69, 9.17) is 4.74 Å². The Morgan fingerprint density at radius 1 is 0.857 bits per heavy atom. The first-order valence-corrected chi connectivity index (χ1v) is 14.6. The van der Waals surface area contributed by atoms with E-state index in [2.05, 4.69) is 36.5 Å². The maximum Gasteiger partial charge on any atom is 0.411 e.